The lowest BCUT2D eigenvalue weighted by atomic mass is 10.2. The Hall–Kier alpha value is -1.25. The van der Waals surface area contributed by atoms with Crippen LogP contribution in [0.5, 0.6) is 5.75 Å². The molecule has 3 nitrogen and oxygen atoms in total. The van der Waals surface area contributed by atoms with Crippen molar-refractivity contribution >= 4 is 22.6 Å². The average Bonchev–Trinajstić information content (AvgIpc) is 2.75. The fraction of sp³-hybridized carbons (Fsp3) is 0.250. The number of ether oxygens (including phenoxy) is 1. The number of oxazole rings is 1. The van der Waals surface area contributed by atoms with Crippen molar-refractivity contribution in [2.75, 3.05) is 7.11 Å². The Morgan fingerprint density at radius 2 is 2.00 bits per heavy atom. The Labute approximate surface area is 120 Å². The molecule has 102 valence electrons. The maximum absolute atomic E-state index is 14.0. The summed E-state index contributed by atoms with van der Waals surface area (Å²) in [6.07, 6.45) is 0. The molecular weight excluding hydrogens is 374 g/mol. The normalized spacial score (nSPS) is 10.8. The first-order valence-electron chi connectivity index (χ1n) is 5.23. The number of alkyl halides is 1. The van der Waals surface area contributed by atoms with E-state index in [0.717, 1.165) is 7.11 Å². The van der Waals surface area contributed by atoms with Crippen LogP contribution in [0.4, 0.5) is 13.2 Å². The Morgan fingerprint density at radius 3 is 2.53 bits per heavy atom. The van der Waals surface area contributed by atoms with Crippen LogP contribution in [-0.4, -0.2) is 12.1 Å². The van der Waals surface area contributed by atoms with Crippen molar-refractivity contribution in [2.45, 2.75) is 11.4 Å². The monoisotopic (exact) mass is 383 g/mol. The molecule has 0 spiro atoms. The molecule has 0 aliphatic heterocycles. The number of aryl methyl sites for hydroxylation is 1. The third kappa shape index (κ3) is 2.43. The lowest BCUT2D eigenvalue weighted by Crippen LogP contribution is -1.99. The highest BCUT2D eigenvalue weighted by Gasteiger charge is 2.23. The molecule has 0 bridgehead atoms. The van der Waals surface area contributed by atoms with Gasteiger partial charge in [0.1, 0.15) is 5.76 Å². The van der Waals surface area contributed by atoms with Gasteiger partial charge in [-0.25, -0.2) is 13.8 Å². The molecule has 19 heavy (non-hydrogen) atoms. The zero-order valence-corrected chi connectivity index (χ0v) is 12.2. The standard InChI is InChI=1S/C12H9F3INO2/c1-5-8(4-16)17-12(19-5)6-3-7(13)10(15)11(18-2)9(6)14/h3H,4H2,1-2H3. The fourth-order valence-electron chi connectivity index (χ4n) is 1.58. The largest absolute Gasteiger partial charge is 0.491 e. The molecule has 0 atom stereocenters. The minimum Gasteiger partial charge on any atom is -0.491 e. The summed E-state index contributed by atoms with van der Waals surface area (Å²) >= 11 is 2.07. The van der Waals surface area contributed by atoms with Gasteiger partial charge in [-0.3, -0.25) is 0 Å². The molecule has 7 heteroatoms. The van der Waals surface area contributed by atoms with Crippen molar-refractivity contribution in [3.05, 3.63) is 35.0 Å². The van der Waals surface area contributed by atoms with Crippen molar-refractivity contribution in [2.24, 2.45) is 0 Å². The van der Waals surface area contributed by atoms with Gasteiger partial charge in [-0.1, -0.05) is 22.6 Å². The first-order valence-corrected chi connectivity index (χ1v) is 6.76. The van der Waals surface area contributed by atoms with Crippen LogP contribution < -0.4 is 4.74 Å². The van der Waals surface area contributed by atoms with Crippen LogP contribution in [-0.2, 0) is 4.43 Å². The quantitative estimate of drug-likeness (QED) is 0.457. The number of aromatic nitrogens is 1. The van der Waals surface area contributed by atoms with E-state index >= 15 is 0 Å². The first-order chi connectivity index (χ1) is 8.99. The molecule has 1 aromatic carbocycles. The molecule has 1 heterocycles. The van der Waals surface area contributed by atoms with Crippen molar-refractivity contribution in [3.8, 4) is 17.2 Å². The van der Waals surface area contributed by atoms with E-state index in [-0.39, 0.29) is 11.5 Å². The van der Waals surface area contributed by atoms with Crippen molar-refractivity contribution < 1.29 is 22.3 Å². The first kappa shape index (κ1) is 14.2. The summed E-state index contributed by atoms with van der Waals surface area (Å²) < 4.78 is 51.1. The van der Waals surface area contributed by atoms with E-state index in [9.17, 15) is 13.2 Å². The van der Waals surface area contributed by atoms with Crippen LogP contribution in [0, 0.1) is 24.4 Å². The zero-order valence-electron chi connectivity index (χ0n) is 10.1. The molecular formula is C12H9F3INO2. The highest BCUT2D eigenvalue weighted by Crippen LogP contribution is 2.33. The Balaban J connectivity index is 2.65. The second kappa shape index (κ2) is 5.40. The molecule has 0 fully saturated rings. The third-order valence-electron chi connectivity index (χ3n) is 2.57. The van der Waals surface area contributed by atoms with Crippen molar-refractivity contribution in [1.29, 1.82) is 0 Å². The summed E-state index contributed by atoms with van der Waals surface area (Å²) in [6.45, 7) is 1.67. The van der Waals surface area contributed by atoms with Gasteiger partial charge in [-0.2, -0.15) is 4.39 Å². The summed E-state index contributed by atoms with van der Waals surface area (Å²) in [6, 6.07) is 0.704. The zero-order chi connectivity index (χ0) is 14.2. The lowest BCUT2D eigenvalue weighted by Gasteiger charge is -2.07. The van der Waals surface area contributed by atoms with E-state index < -0.39 is 23.2 Å². The van der Waals surface area contributed by atoms with Gasteiger partial charge in [-0.05, 0) is 13.0 Å². The molecule has 0 unspecified atom stereocenters. The number of rotatable bonds is 3. The Bertz CT molecular complexity index is 628. The van der Waals surface area contributed by atoms with E-state index in [1.54, 1.807) is 6.92 Å². The second-order valence-electron chi connectivity index (χ2n) is 3.72. The van der Waals surface area contributed by atoms with Gasteiger partial charge >= 0.3 is 0 Å². The molecule has 2 rings (SSSR count). The molecule has 0 N–H and O–H groups in total. The van der Waals surface area contributed by atoms with Crippen LogP contribution in [0.25, 0.3) is 11.5 Å². The highest BCUT2D eigenvalue weighted by molar-refractivity contribution is 14.1. The Kier molecular flexibility index (Phi) is 4.02. The van der Waals surface area contributed by atoms with E-state index in [1.165, 1.54) is 0 Å². The molecule has 0 saturated carbocycles. The number of benzene rings is 1. The van der Waals surface area contributed by atoms with Crippen LogP contribution in [0.1, 0.15) is 11.5 Å². The predicted octanol–water partition coefficient (Wildman–Crippen LogP) is 4.01. The van der Waals surface area contributed by atoms with Gasteiger partial charge < -0.3 is 9.15 Å². The molecule has 0 amide bonds. The van der Waals surface area contributed by atoms with Gasteiger partial charge in [-0.15, -0.1) is 0 Å². The lowest BCUT2D eigenvalue weighted by molar-refractivity contribution is 0.347. The summed E-state index contributed by atoms with van der Waals surface area (Å²) in [5.74, 6) is -4.02. The molecule has 2 aromatic rings. The Morgan fingerprint density at radius 1 is 1.32 bits per heavy atom. The fourth-order valence-corrected chi connectivity index (χ4v) is 2.29. The van der Waals surface area contributed by atoms with E-state index in [1.807, 2.05) is 0 Å². The maximum atomic E-state index is 14.0. The molecule has 0 radical (unpaired) electrons. The number of methoxy groups -OCH3 is 1. The minimum atomic E-state index is -1.37. The highest BCUT2D eigenvalue weighted by atomic mass is 127. The van der Waals surface area contributed by atoms with Crippen LogP contribution in [0.15, 0.2) is 10.5 Å². The minimum absolute atomic E-state index is 0.0983. The van der Waals surface area contributed by atoms with E-state index in [4.69, 9.17) is 4.42 Å². The van der Waals surface area contributed by atoms with Crippen molar-refractivity contribution in [3.63, 3.8) is 0 Å². The SMILES string of the molecule is COc1c(F)c(F)cc(-c2nc(CI)c(C)o2)c1F. The van der Waals surface area contributed by atoms with Gasteiger partial charge in [0.25, 0.3) is 0 Å². The summed E-state index contributed by atoms with van der Waals surface area (Å²) in [4.78, 5) is 4.05. The van der Waals surface area contributed by atoms with Crippen LogP contribution in [0.3, 0.4) is 0 Å². The summed E-state index contributed by atoms with van der Waals surface area (Å²) in [5.41, 5.74) is 0.355. The number of halogens is 4. The summed E-state index contributed by atoms with van der Waals surface area (Å²) in [5, 5.41) is 0. The van der Waals surface area contributed by atoms with Gasteiger partial charge in [0.2, 0.25) is 11.7 Å². The molecule has 0 saturated heterocycles. The third-order valence-corrected chi connectivity index (χ3v) is 3.29. The maximum Gasteiger partial charge on any atom is 0.229 e. The number of hydrogen-bond donors (Lipinski definition) is 0. The van der Waals surface area contributed by atoms with E-state index in [0.29, 0.717) is 21.9 Å². The van der Waals surface area contributed by atoms with Crippen LogP contribution in [0.2, 0.25) is 0 Å². The predicted molar refractivity (Wildman–Crippen MR) is 70.8 cm³/mol. The van der Waals surface area contributed by atoms with Gasteiger partial charge in [0, 0.05) is 4.43 Å². The van der Waals surface area contributed by atoms with E-state index in [2.05, 4.69) is 32.3 Å². The summed E-state index contributed by atoms with van der Waals surface area (Å²) in [7, 11) is 1.06. The molecule has 0 aliphatic carbocycles. The number of hydrogen-bond acceptors (Lipinski definition) is 3. The average molecular weight is 383 g/mol. The second-order valence-corrected chi connectivity index (χ2v) is 4.49. The smallest absolute Gasteiger partial charge is 0.229 e. The van der Waals surface area contributed by atoms with Crippen LogP contribution >= 0.6 is 22.6 Å². The molecule has 1 aromatic heterocycles. The topological polar surface area (TPSA) is 35.3 Å². The van der Waals surface area contributed by atoms with Gasteiger partial charge in [0.05, 0.1) is 18.4 Å². The molecule has 0 aliphatic rings. The van der Waals surface area contributed by atoms with Gasteiger partial charge in [0.15, 0.2) is 17.4 Å². The van der Waals surface area contributed by atoms with Crippen molar-refractivity contribution in [1.82, 2.24) is 4.98 Å². The number of nitrogens with zero attached hydrogens (tertiary/aromatic N) is 1.